The van der Waals surface area contributed by atoms with Gasteiger partial charge in [0.25, 0.3) is 0 Å². The molecule has 1 unspecified atom stereocenters. The smallest absolute Gasteiger partial charge is 0.0946 e. The Bertz CT molecular complexity index is 699. The van der Waals surface area contributed by atoms with Crippen LogP contribution < -0.4 is 0 Å². The van der Waals surface area contributed by atoms with Gasteiger partial charge in [-0.25, -0.2) is 4.98 Å². The highest BCUT2D eigenvalue weighted by molar-refractivity contribution is 5.14. The van der Waals surface area contributed by atoms with Crippen LogP contribution in [0.15, 0.2) is 49.1 Å². The van der Waals surface area contributed by atoms with Crippen LogP contribution in [0.25, 0.3) is 0 Å². The monoisotopic (exact) mass is 384 g/mol. The van der Waals surface area contributed by atoms with Crippen molar-refractivity contribution in [3.05, 3.63) is 54.6 Å². The summed E-state index contributed by atoms with van der Waals surface area (Å²) in [5.74, 6) is 0. The quantitative estimate of drug-likeness (QED) is 0.826. The maximum absolute atomic E-state index is 10.9. The van der Waals surface area contributed by atoms with Gasteiger partial charge in [0, 0.05) is 58.3 Å². The molecule has 3 heterocycles. The van der Waals surface area contributed by atoms with E-state index in [0.29, 0.717) is 6.54 Å². The van der Waals surface area contributed by atoms with E-state index in [0.717, 1.165) is 65.1 Å². The SMILES string of the molecule is OC1(Cn2ccnc2)CCN(CC2CN(Cc3ccccc3)CCCO2)CC1. The van der Waals surface area contributed by atoms with E-state index in [9.17, 15) is 5.11 Å². The average molecular weight is 385 g/mol. The number of aromatic nitrogens is 2. The van der Waals surface area contributed by atoms with Gasteiger partial charge >= 0.3 is 0 Å². The van der Waals surface area contributed by atoms with Gasteiger partial charge in [0.1, 0.15) is 0 Å². The number of hydrogen-bond donors (Lipinski definition) is 1. The Morgan fingerprint density at radius 1 is 1.11 bits per heavy atom. The summed E-state index contributed by atoms with van der Waals surface area (Å²) >= 11 is 0. The number of nitrogens with zero attached hydrogens (tertiary/aromatic N) is 4. The van der Waals surface area contributed by atoms with E-state index in [2.05, 4.69) is 45.1 Å². The standard InChI is InChI=1S/C22H32N4O2/c27-22(18-26-13-9-23-19-26)7-11-24(12-8-22)16-21-17-25(10-4-14-28-21)15-20-5-2-1-3-6-20/h1-3,5-6,9,13,19,21,27H,4,7-8,10-12,14-18H2. The molecule has 2 aliphatic rings. The number of imidazole rings is 1. The molecule has 152 valence electrons. The molecule has 0 bridgehead atoms. The van der Waals surface area contributed by atoms with E-state index in [1.54, 1.807) is 12.5 Å². The Labute approximate surface area is 167 Å². The lowest BCUT2D eigenvalue weighted by molar-refractivity contribution is -0.0486. The molecular formula is C22H32N4O2. The second-order valence-electron chi connectivity index (χ2n) is 8.33. The molecule has 2 aromatic rings. The first-order chi connectivity index (χ1) is 13.7. The van der Waals surface area contributed by atoms with Crippen molar-refractivity contribution < 1.29 is 9.84 Å². The van der Waals surface area contributed by atoms with Gasteiger partial charge in [0.15, 0.2) is 0 Å². The molecule has 1 aromatic carbocycles. The third-order valence-electron chi connectivity index (χ3n) is 5.97. The van der Waals surface area contributed by atoms with Gasteiger partial charge < -0.3 is 19.3 Å². The lowest BCUT2D eigenvalue weighted by atomic mass is 9.91. The van der Waals surface area contributed by atoms with Crippen LogP contribution >= 0.6 is 0 Å². The third-order valence-corrected chi connectivity index (χ3v) is 5.97. The average Bonchev–Trinajstić information content (AvgIpc) is 3.10. The zero-order valence-corrected chi connectivity index (χ0v) is 16.6. The summed E-state index contributed by atoms with van der Waals surface area (Å²) in [6.45, 7) is 7.33. The highest BCUT2D eigenvalue weighted by Gasteiger charge is 2.33. The second-order valence-corrected chi connectivity index (χ2v) is 8.33. The molecule has 0 aliphatic carbocycles. The van der Waals surface area contributed by atoms with E-state index < -0.39 is 5.60 Å². The molecule has 2 aliphatic heterocycles. The summed E-state index contributed by atoms with van der Waals surface area (Å²) in [4.78, 5) is 9.05. The number of likely N-dealkylation sites (tertiary alicyclic amines) is 1. The predicted octanol–water partition coefficient (Wildman–Crippen LogP) is 2.00. The fraction of sp³-hybridized carbons (Fsp3) is 0.591. The maximum atomic E-state index is 10.9. The van der Waals surface area contributed by atoms with Crippen molar-refractivity contribution in [2.24, 2.45) is 0 Å². The summed E-state index contributed by atoms with van der Waals surface area (Å²) in [5.41, 5.74) is 0.742. The minimum atomic E-state index is -0.624. The van der Waals surface area contributed by atoms with Gasteiger partial charge in [-0.05, 0) is 24.8 Å². The Morgan fingerprint density at radius 2 is 1.93 bits per heavy atom. The topological polar surface area (TPSA) is 53.8 Å². The largest absolute Gasteiger partial charge is 0.388 e. The molecule has 0 amide bonds. The maximum Gasteiger partial charge on any atom is 0.0946 e. The first-order valence-corrected chi connectivity index (χ1v) is 10.5. The van der Waals surface area contributed by atoms with E-state index in [4.69, 9.17) is 4.74 Å². The van der Waals surface area contributed by atoms with E-state index >= 15 is 0 Å². The van der Waals surface area contributed by atoms with Gasteiger partial charge in [0.2, 0.25) is 0 Å². The van der Waals surface area contributed by atoms with Crippen molar-refractivity contribution in [2.75, 3.05) is 39.3 Å². The lowest BCUT2D eigenvalue weighted by Gasteiger charge is -2.39. The minimum absolute atomic E-state index is 0.242. The number of piperidine rings is 1. The van der Waals surface area contributed by atoms with Gasteiger partial charge in [0.05, 0.1) is 24.6 Å². The third kappa shape index (κ3) is 5.41. The molecule has 6 heteroatoms. The molecule has 4 rings (SSSR count). The van der Waals surface area contributed by atoms with Crippen molar-refractivity contribution in [2.45, 2.75) is 44.1 Å². The van der Waals surface area contributed by atoms with Gasteiger partial charge in [-0.2, -0.15) is 0 Å². The van der Waals surface area contributed by atoms with Crippen molar-refractivity contribution >= 4 is 0 Å². The molecule has 2 fully saturated rings. The molecule has 1 aromatic heterocycles. The Kier molecular flexibility index (Phi) is 6.42. The van der Waals surface area contributed by atoms with Crippen LogP contribution in [0.1, 0.15) is 24.8 Å². The van der Waals surface area contributed by atoms with E-state index in [-0.39, 0.29) is 6.10 Å². The van der Waals surface area contributed by atoms with Crippen molar-refractivity contribution in [3.63, 3.8) is 0 Å². The molecule has 1 atom stereocenters. The Balaban J connectivity index is 1.26. The number of aliphatic hydroxyl groups is 1. The molecule has 2 saturated heterocycles. The lowest BCUT2D eigenvalue weighted by Crippen LogP contribution is -2.49. The summed E-state index contributed by atoms with van der Waals surface area (Å²) in [5, 5.41) is 10.9. The van der Waals surface area contributed by atoms with Gasteiger partial charge in [-0.15, -0.1) is 0 Å². The van der Waals surface area contributed by atoms with Crippen LogP contribution in [-0.4, -0.2) is 75.5 Å². The Morgan fingerprint density at radius 3 is 2.68 bits per heavy atom. The van der Waals surface area contributed by atoms with E-state index in [1.807, 2.05) is 10.8 Å². The molecule has 0 spiro atoms. The zero-order chi connectivity index (χ0) is 19.2. The van der Waals surface area contributed by atoms with Crippen molar-refractivity contribution in [1.82, 2.24) is 19.4 Å². The first kappa shape index (κ1) is 19.6. The van der Waals surface area contributed by atoms with Crippen molar-refractivity contribution in [1.29, 1.82) is 0 Å². The summed E-state index contributed by atoms with van der Waals surface area (Å²) in [6.07, 6.45) is 8.40. The molecule has 6 nitrogen and oxygen atoms in total. The highest BCUT2D eigenvalue weighted by Crippen LogP contribution is 2.25. The Hall–Kier alpha value is -1.73. The van der Waals surface area contributed by atoms with E-state index in [1.165, 1.54) is 5.56 Å². The molecule has 28 heavy (non-hydrogen) atoms. The first-order valence-electron chi connectivity index (χ1n) is 10.5. The summed E-state index contributed by atoms with van der Waals surface area (Å²) in [6, 6.07) is 10.7. The number of ether oxygens (including phenoxy) is 1. The van der Waals surface area contributed by atoms with Crippen molar-refractivity contribution in [3.8, 4) is 0 Å². The zero-order valence-electron chi connectivity index (χ0n) is 16.6. The number of hydrogen-bond acceptors (Lipinski definition) is 5. The molecule has 0 radical (unpaired) electrons. The second kappa shape index (κ2) is 9.18. The highest BCUT2D eigenvalue weighted by atomic mass is 16.5. The van der Waals surface area contributed by atoms with Crippen LogP contribution in [-0.2, 0) is 17.8 Å². The molecule has 0 saturated carbocycles. The van der Waals surface area contributed by atoms with Gasteiger partial charge in [-0.3, -0.25) is 4.90 Å². The van der Waals surface area contributed by atoms with Gasteiger partial charge in [-0.1, -0.05) is 30.3 Å². The minimum Gasteiger partial charge on any atom is -0.388 e. The van der Waals surface area contributed by atoms with Crippen LogP contribution in [0, 0.1) is 0 Å². The summed E-state index contributed by atoms with van der Waals surface area (Å²) in [7, 11) is 0. The van der Waals surface area contributed by atoms with Crippen LogP contribution in [0.5, 0.6) is 0 Å². The van der Waals surface area contributed by atoms with Crippen LogP contribution in [0.3, 0.4) is 0 Å². The number of benzene rings is 1. The molecular weight excluding hydrogens is 352 g/mol. The summed E-state index contributed by atoms with van der Waals surface area (Å²) < 4.78 is 8.13. The predicted molar refractivity (Wildman–Crippen MR) is 109 cm³/mol. The normalized spacial score (nSPS) is 24.1. The molecule has 1 N–H and O–H groups in total. The fourth-order valence-electron chi connectivity index (χ4n) is 4.38. The van der Waals surface area contributed by atoms with Crippen LogP contribution in [0.4, 0.5) is 0 Å². The van der Waals surface area contributed by atoms with Crippen LogP contribution in [0.2, 0.25) is 0 Å². The number of rotatable bonds is 6. The fourth-order valence-corrected chi connectivity index (χ4v) is 4.38.